The zero-order valence-corrected chi connectivity index (χ0v) is 12.0. The van der Waals surface area contributed by atoms with Crippen LogP contribution < -0.4 is 0 Å². The molecule has 0 amide bonds. The van der Waals surface area contributed by atoms with E-state index in [1.165, 1.54) is 0 Å². The Labute approximate surface area is 125 Å². The first-order valence-electron chi connectivity index (χ1n) is 7.64. The normalized spacial score (nSPS) is 25.3. The van der Waals surface area contributed by atoms with Crippen LogP contribution >= 0.6 is 0 Å². The van der Waals surface area contributed by atoms with Gasteiger partial charge in [-0.2, -0.15) is 10.5 Å². The highest BCUT2D eigenvalue weighted by molar-refractivity contribution is 6.02. The van der Waals surface area contributed by atoms with E-state index in [1.54, 1.807) is 12.1 Å². The van der Waals surface area contributed by atoms with Crippen LogP contribution in [0.5, 0.6) is 0 Å². The number of carbonyl (C=O) groups excluding carboxylic acids is 1. The number of benzene rings is 1. The first-order chi connectivity index (χ1) is 10.2. The molecule has 2 saturated carbocycles. The second-order valence-electron chi connectivity index (χ2n) is 6.27. The van der Waals surface area contributed by atoms with Gasteiger partial charge in [-0.05, 0) is 12.8 Å². The maximum atomic E-state index is 12.8. The van der Waals surface area contributed by atoms with E-state index in [9.17, 15) is 15.3 Å². The molecule has 0 radical (unpaired) electrons. The second kappa shape index (κ2) is 5.01. The van der Waals surface area contributed by atoms with Crippen LogP contribution in [0.25, 0.3) is 0 Å². The average Bonchev–Trinajstić information content (AvgIpc) is 3.20. The van der Waals surface area contributed by atoms with Crippen molar-refractivity contribution in [2.75, 3.05) is 0 Å². The van der Waals surface area contributed by atoms with Gasteiger partial charge in [-0.25, -0.2) is 0 Å². The van der Waals surface area contributed by atoms with Crippen molar-refractivity contribution in [2.45, 2.75) is 38.5 Å². The van der Waals surface area contributed by atoms with Crippen molar-refractivity contribution >= 4 is 5.78 Å². The Morgan fingerprint density at radius 1 is 1.00 bits per heavy atom. The summed E-state index contributed by atoms with van der Waals surface area (Å²) < 4.78 is 0. The molecule has 1 aromatic carbocycles. The lowest BCUT2D eigenvalue weighted by atomic mass is 9.87. The smallest absolute Gasteiger partial charge is 0.169 e. The Bertz CT molecular complexity index is 613. The third-order valence-corrected chi connectivity index (χ3v) is 5.36. The number of carbonyl (C=O) groups is 1. The van der Waals surface area contributed by atoms with Gasteiger partial charge < -0.3 is 0 Å². The minimum Gasteiger partial charge on any atom is -0.294 e. The number of hydrogen-bond acceptors (Lipinski definition) is 3. The predicted molar refractivity (Wildman–Crippen MR) is 78.1 cm³/mol. The highest BCUT2D eigenvalue weighted by atomic mass is 16.1. The Morgan fingerprint density at radius 3 is 2.10 bits per heavy atom. The minimum absolute atomic E-state index is 0.0272. The summed E-state index contributed by atoms with van der Waals surface area (Å²) in [6, 6.07) is 13.5. The SMILES string of the molecule is N#CC1(C#N)C(C(=O)c2ccccc2)C12CCCCCC2. The van der Waals surface area contributed by atoms with Gasteiger partial charge in [0.2, 0.25) is 0 Å². The molecule has 0 saturated heterocycles. The monoisotopic (exact) mass is 278 g/mol. The van der Waals surface area contributed by atoms with E-state index in [4.69, 9.17) is 0 Å². The van der Waals surface area contributed by atoms with Gasteiger partial charge in [-0.1, -0.05) is 56.0 Å². The van der Waals surface area contributed by atoms with Crippen molar-refractivity contribution < 1.29 is 4.79 Å². The van der Waals surface area contributed by atoms with E-state index in [2.05, 4.69) is 12.1 Å². The maximum Gasteiger partial charge on any atom is 0.169 e. The summed E-state index contributed by atoms with van der Waals surface area (Å²) in [7, 11) is 0. The quantitative estimate of drug-likeness (QED) is 0.771. The lowest BCUT2D eigenvalue weighted by molar-refractivity contribution is 0.0942. The van der Waals surface area contributed by atoms with Gasteiger partial charge in [-0.15, -0.1) is 0 Å². The molecule has 0 aromatic heterocycles. The van der Waals surface area contributed by atoms with E-state index in [0.717, 1.165) is 38.5 Å². The fourth-order valence-electron chi connectivity index (χ4n) is 4.23. The highest BCUT2D eigenvalue weighted by Crippen LogP contribution is 2.74. The van der Waals surface area contributed by atoms with E-state index in [1.807, 2.05) is 18.2 Å². The molecule has 21 heavy (non-hydrogen) atoms. The molecule has 2 fully saturated rings. The number of Topliss-reactive ketones (excluding diaryl/α,β-unsaturated/α-hetero) is 1. The summed E-state index contributed by atoms with van der Waals surface area (Å²) in [5, 5.41) is 19.2. The minimum atomic E-state index is -1.11. The van der Waals surface area contributed by atoms with Gasteiger partial charge in [0.15, 0.2) is 11.2 Å². The summed E-state index contributed by atoms with van der Waals surface area (Å²) in [6.07, 6.45) is 5.98. The van der Waals surface area contributed by atoms with E-state index < -0.39 is 16.7 Å². The molecule has 1 atom stereocenters. The Kier molecular flexibility index (Phi) is 3.30. The number of nitriles is 2. The van der Waals surface area contributed by atoms with Crippen LogP contribution in [0.1, 0.15) is 48.9 Å². The van der Waals surface area contributed by atoms with Crippen molar-refractivity contribution in [3.63, 3.8) is 0 Å². The van der Waals surface area contributed by atoms with E-state index >= 15 is 0 Å². The number of ketones is 1. The molecule has 106 valence electrons. The molecule has 2 aliphatic rings. The van der Waals surface area contributed by atoms with E-state index in [0.29, 0.717) is 5.56 Å². The van der Waals surface area contributed by atoms with Gasteiger partial charge in [0.05, 0.1) is 18.1 Å². The van der Waals surface area contributed by atoms with Crippen molar-refractivity contribution in [3.8, 4) is 12.1 Å². The van der Waals surface area contributed by atoms with Gasteiger partial charge in [-0.3, -0.25) is 4.79 Å². The summed E-state index contributed by atoms with van der Waals surface area (Å²) in [6.45, 7) is 0. The molecule has 1 unspecified atom stereocenters. The van der Waals surface area contributed by atoms with Gasteiger partial charge in [0, 0.05) is 11.0 Å². The van der Waals surface area contributed by atoms with Crippen LogP contribution in [-0.4, -0.2) is 5.78 Å². The third-order valence-electron chi connectivity index (χ3n) is 5.36. The fraction of sp³-hybridized carbons (Fsp3) is 0.500. The lowest BCUT2D eigenvalue weighted by Crippen LogP contribution is -2.11. The van der Waals surface area contributed by atoms with Crippen molar-refractivity contribution in [3.05, 3.63) is 35.9 Å². The fourth-order valence-corrected chi connectivity index (χ4v) is 4.23. The third kappa shape index (κ3) is 1.81. The molecule has 1 aromatic rings. The van der Waals surface area contributed by atoms with Crippen LogP contribution in [0.15, 0.2) is 30.3 Å². The zero-order valence-electron chi connectivity index (χ0n) is 12.0. The maximum absolute atomic E-state index is 12.8. The standard InChI is InChI=1S/C18H18N2O/c19-12-18(13-20)16(15(21)14-8-4-3-5-9-14)17(18)10-6-1-2-7-11-17/h3-5,8-9,16H,1-2,6-7,10-11H2. The molecule has 1 spiro atoms. The van der Waals surface area contributed by atoms with Crippen LogP contribution in [0.3, 0.4) is 0 Å². The van der Waals surface area contributed by atoms with Crippen molar-refractivity contribution in [1.82, 2.24) is 0 Å². The molecule has 3 nitrogen and oxygen atoms in total. The summed E-state index contributed by atoms with van der Waals surface area (Å²) in [5.74, 6) is -0.471. The first kappa shape index (κ1) is 13.8. The van der Waals surface area contributed by atoms with Crippen LogP contribution in [0, 0.1) is 39.4 Å². The van der Waals surface area contributed by atoms with Crippen LogP contribution in [0.2, 0.25) is 0 Å². The molecule has 2 aliphatic carbocycles. The molecule has 3 heteroatoms. The Balaban J connectivity index is 1.99. The topological polar surface area (TPSA) is 64.7 Å². The second-order valence-corrected chi connectivity index (χ2v) is 6.27. The highest BCUT2D eigenvalue weighted by Gasteiger charge is 2.80. The van der Waals surface area contributed by atoms with Gasteiger partial charge in [0.25, 0.3) is 0 Å². The van der Waals surface area contributed by atoms with Gasteiger partial charge in [0.1, 0.15) is 0 Å². The van der Waals surface area contributed by atoms with E-state index in [-0.39, 0.29) is 5.78 Å². The molecule has 0 N–H and O–H groups in total. The van der Waals surface area contributed by atoms with Gasteiger partial charge >= 0.3 is 0 Å². The summed E-state index contributed by atoms with van der Waals surface area (Å²) >= 11 is 0. The van der Waals surface area contributed by atoms with Crippen molar-refractivity contribution in [1.29, 1.82) is 10.5 Å². The molecule has 0 bridgehead atoms. The molecule has 0 heterocycles. The lowest BCUT2D eigenvalue weighted by Gasteiger charge is -2.14. The van der Waals surface area contributed by atoms with Crippen molar-refractivity contribution in [2.24, 2.45) is 16.7 Å². The Hall–Kier alpha value is -2.13. The largest absolute Gasteiger partial charge is 0.294 e. The summed E-state index contributed by atoms with van der Waals surface area (Å²) in [4.78, 5) is 12.8. The van der Waals surface area contributed by atoms with Crippen LogP contribution in [-0.2, 0) is 0 Å². The number of nitrogens with zero attached hydrogens (tertiary/aromatic N) is 2. The molecule has 0 aliphatic heterocycles. The summed E-state index contributed by atoms with van der Waals surface area (Å²) in [5.41, 5.74) is -0.886. The van der Waals surface area contributed by atoms with Crippen LogP contribution in [0.4, 0.5) is 0 Å². The first-order valence-corrected chi connectivity index (χ1v) is 7.64. The molecular weight excluding hydrogens is 260 g/mol. The molecular formula is C18H18N2O. The molecule has 3 rings (SSSR count). The Morgan fingerprint density at radius 2 is 1.57 bits per heavy atom. The number of hydrogen-bond donors (Lipinski definition) is 0. The predicted octanol–water partition coefficient (Wildman–Crippen LogP) is 3.87. The zero-order chi connectivity index (χ0) is 14.9. The average molecular weight is 278 g/mol. The number of rotatable bonds is 2.